The predicted octanol–water partition coefficient (Wildman–Crippen LogP) is 1.82. The van der Waals surface area contributed by atoms with E-state index in [2.05, 4.69) is 26.5 Å². The van der Waals surface area contributed by atoms with Crippen molar-refractivity contribution in [2.24, 2.45) is 0 Å². The van der Waals surface area contributed by atoms with Crippen molar-refractivity contribution in [3.8, 4) is 10.6 Å². The van der Waals surface area contributed by atoms with Crippen LogP contribution in [-0.2, 0) is 16.1 Å². The molecule has 1 fully saturated rings. The van der Waals surface area contributed by atoms with E-state index in [4.69, 9.17) is 4.74 Å². The molecular formula is C16H22N4O2S. The number of nitrogens with zero attached hydrogens (tertiary/aromatic N) is 3. The maximum Gasteiger partial charge on any atom is 0.255 e. The Morgan fingerprint density at radius 2 is 2.39 bits per heavy atom. The number of amides is 1. The van der Waals surface area contributed by atoms with Crippen LogP contribution in [0, 0.1) is 0 Å². The molecule has 0 aliphatic carbocycles. The summed E-state index contributed by atoms with van der Waals surface area (Å²) in [4.78, 5) is 17.4. The number of H-pyrrole nitrogens is 1. The van der Waals surface area contributed by atoms with Gasteiger partial charge in [-0.3, -0.25) is 14.8 Å². The summed E-state index contributed by atoms with van der Waals surface area (Å²) in [5, 5.41) is 9.34. The Morgan fingerprint density at radius 1 is 1.57 bits per heavy atom. The summed E-state index contributed by atoms with van der Waals surface area (Å²) in [6.07, 6.45) is 1.87. The minimum absolute atomic E-state index is 0.00729. The minimum atomic E-state index is -0.783. The Kier molecular flexibility index (Phi) is 4.52. The van der Waals surface area contributed by atoms with Gasteiger partial charge in [-0.15, -0.1) is 11.3 Å². The van der Waals surface area contributed by atoms with Crippen LogP contribution >= 0.6 is 11.3 Å². The Morgan fingerprint density at radius 3 is 3.09 bits per heavy atom. The standard InChI is InChI=1S/C16H22N4O2S/c1-16(15(21)19(2)3)11-20(6-7-22-16)10-12-9-17-18-14(12)13-5-4-8-23-13/h4-5,8-9H,6-7,10-11H2,1-3H3,(H,17,18)/t16-/m0/s1. The van der Waals surface area contributed by atoms with Crippen molar-refractivity contribution in [3.63, 3.8) is 0 Å². The average molecular weight is 334 g/mol. The highest BCUT2D eigenvalue weighted by molar-refractivity contribution is 7.13. The number of hydrogen-bond acceptors (Lipinski definition) is 5. The lowest BCUT2D eigenvalue weighted by atomic mass is 10.0. The molecule has 3 rings (SSSR count). The third-order valence-electron chi connectivity index (χ3n) is 4.09. The lowest BCUT2D eigenvalue weighted by molar-refractivity contribution is -0.165. The molecular weight excluding hydrogens is 312 g/mol. The van der Waals surface area contributed by atoms with Crippen molar-refractivity contribution < 1.29 is 9.53 Å². The van der Waals surface area contributed by atoms with Gasteiger partial charge in [0.1, 0.15) is 0 Å². The molecule has 0 saturated carbocycles. The normalized spacial score (nSPS) is 22.2. The lowest BCUT2D eigenvalue weighted by Crippen LogP contribution is -2.57. The highest BCUT2D eigenvalue weighted by Gasteiger charge is 2.40. The van der Waals surface area contributed by atoms with Gasteiger partial charge in [-0.2, -0.15) is 5.10 Å². The predicted molar refractivity (Wildman–Crippen MR) is 90.2 cm³/mol. The van der Waals surface area contributed by atoms with Crippen LogP contribution in [0.15, 0.2) is 23.7 Å². The summed E-state index contributed by atoms with van der Waals surface area (Å²) in [6, 6.07) is 4.12. The first kappa shape index (κ1) is 16.2. The zero-order chi connectivity index (χ0) is 16.4. The van der Waals surface area contributed by atoms with Crippen LogP contribution < -0.4 is 0 Å². The molecule has 1 N–H and O–H groups in total. The van der Waals surface area contributed by atoms with E-state index in [0.717, 1.165) is 24.3 Å². The topological polar surface area (TPSA) is 61.5 Å². The van der Waals surface area contributed by atoms with Crippen molar-refractivity contribution in [1.29, 1.82) is 0 Å². The van der Waals surface area contributed by atoms with Crippen LogP contribution in [0.4, 0.5) is 0 Å². The number of carbonyl (C=O) groups excluding carboxylic acids is 1. The van der Waals surface area contributed by atoms with Gasteiger partial charge >= 0.3 is 0 Å². The summed E-state index contributed by atoms with van der Waals surface area (Å²) in [7, 11) is 3.53. The molecule has 1 saturated heterocycles. The summed E-state index contributed by atoms with van der Waals surface area (Å²) in [5.74, 6) is 0.00729. The van der Waals surface area contributed by atoms with Crippen molar-refractivity contribution in [2.75, 3.05) is 33.8 Å². The number of nitrogens with one attached hydrogen (secondary N) is 1. The lowest BCUT2D eigenvalue weighted by Gasteiger charge is -2.40. The fraction of sp³-hybridized carbons (Fsp3) is 0.500. The first-order valence-electron chi connectivity index (χ1n) is 7.64. The molecule has 1 amide bonds. The SMILES string of the molecule is CN(C)C(=O)[C@]1(C)CN(Cc2cn[nH]c2-c2cccs2)CCO1. The maximum absolute atomic E-state index is 12.4. The maximum atomic E-state index is 12.4. The molecule has 7 heteroatoms. The number of rotatable bonds is 4. The Labute approximate surface area is 140 Å². The van der Waals surface area contributed by atoms with E-state index in [1.165, 1.54) is 4.88 Å². The molecule has 3 heterocycles. The third kappa shape index (κ3) is 3.31. The van der Waals surface area contributed by atoms with Crippen LogP contribution in [0.3, 0.4) is 0 Å². The number of hydrogen-bond donors (Lipinski definition) is 1. The van der Waals surface area contributed by atoms with Gasteiger partial charge in [0.15, 0.2) is 5.60 Å². The van der Waals surface area contributed by atoms with Crippen LogP contribution in [0.25, 0.3) is 10.6 Å². The first-order chi connectivity index (χ1) is 11.0. The van der Waals surface area contributed by atoms with Crippen LogP contribution in [-0.4, -0.2) is 65.3 Å². The highest BCUT2D eigenvalue weighted by atomic mass is 32.1. The zero-order valence-electron chi connectivity index (χ0n) is 13.7. The second kappa shape index (κ2) is 6.43. The number of ether oxygens (including phenoxy) is 1. The van der Waals surface area contributed by atoms with E-state index in [-0.39, 0.29) is 5.91 Å². The number of carbonyl (C=O) groups is 1. The van der Waals surface area contributed by atoms with Crippen molar-refractivity contribution >= 4 is 17.2 Å². The largest absolute Gasteiger partial charge is 0.363 e. The molecule has 23 heavy (non-hydrogen) atoms. The van der Waals surface area contributed by atoms with Gasteiger partial charge in [0, 0.05) is 39.3 Å². The molecule has 1 aliphatic rings. The monoisotopic (exact) mass is 334 g/mol. The van der Waals surface area contributed by atoms with Crippen molar-refractivity contribution in [1.82, 2.24) is 20.0 Å². The summed E-state index contributed by atoms with van der Waals surface area (Å²) < 4.78 is 5.79. The van der Waals surface area contributed by atoms with Crippen LogP contribution in [0.1, 0.15) is 12.5 Å². The van der Waals surface area contributed by atoms with E-state index in [0.29, 0.717) is 13.2 Å². The molecule has 124 valence electrons. The van der Waals surface area contributed by atoms with E-state index < -0.39 is 5.60 Å². The van der Waals surface area contributed by atoms with E-state index >= 15 is 0 Å². The number of aromatic nitrogens is 2. The molecule has 2 aromatic rings. The molecule has 0 radical (unpaired) electrons. The van der Waals surface area contributed by atoms with Gasteiger partial charge in [-0.05, 0) is 18.4 Å². The quantitative estimate of drug-likeness (QED) is 0.926. The highest BCUT2D eigenvalue weighted by Crippen LogP contribution is 2.28. The fourth-order valence-corrected chi connectivity index (χ4v) is 3.75. The smallest absolute Gasteiger partial charge is 0.255 e. The fourth-order valence-electron chi connectivity index (χ4n) is 2.99. The van der Waals surface area contributed by atoms with Crippen molar-refractivity contribution in [2.45, 2.75) is 19.1 Å². The molecule has 0 aromatic carbocycles. The van der Waals surface area contributed by atoms with E-state index in [9.17, 15) is 4.79 Å². The molecule has 2 aromatic heterocycles. The average Bonchev–Trinajstić information content (AvgIpc) is 3.17. The summed E-state index contributed by atoms with van der Waals surface area (Å²) in [5.41, 5.74) is 1.43. The summed E-state index contributed by atoms with van der Waals surface area (Å²) >= 11 is 1.69. The second-order valence-corrected chi connectivity index (χ2v) is 7.18. The van der Waals surface area contributed by atoms with Gasteiger partial charge in [-0.1, -0.05) is 6.07 Å². The molecule has 0 spiro atoms. The van der Waals surface area contributed by atoms with E-state index in [1.54, 1.807) is 30.3 Å². The van der Waals surface area contributed by atoms with Gasteiger partial charge < -0.3 is 9.64 Å². The van der Waals surface area contributed by atoms with Gasteiger partial charge in [0.2, 0.25) is 0 Å². The Bertz CT molecular complexity index is 667. The molecule has 1 atom stereocenters. The van der Waals surface area contributed by atoms with Gasteiger partial charge in [0.25, 0.3) is 5.91 Å². The summed E-state index contributed by atoms with van der Waals surface area (Å²) in [6.45, 7) is 4.58. The van der Waals surface area contributed by atoms with Crippen molar-refractivity contribution in [3.05, 3.63) is 29.3 Å². The number of morpholine rings is 1. The zero-order valence-corrected chi connectivity index (χ0v) is 14.5. The first-order valence-corrected chi connectivity index (χ1v) is 8.52. The second-order valence-electron chi connectivity index (χ2n) is 6.24. The molecule has 6 nitrogen and oxygen atoms in total. The molecule has 0 unspecified atom stereocenters. The number of likely N-dealkylation sites (N-methyl/N-ethyl adjacent to an activating group) is 1. The van der Waals surface area contributed by atoms with Gasteiger partial charge in [0.05, 0.1) is 23.4 Å². The van der Waals surface area contributed by atoms with Crippen LogP contribution in [0.5, 0.6) is 0 Å². The van der Waals surface area contributed by atoms with Crippen LogP contribution in [0.2, 0.25) is 0 Å². The van der Waals surface area contributed by atoms with Gasteiger partial charge in [-0.25, -0.2) is 0 Å². The minimum Gasteiger partial charge on any atom is -0.363 e. The molecule has 0 bridgehead atoms. The van der Waals surface area contributed by atoms with E-state index in [1.807, 2.05) is 19.2 Å². The number of aromatic amines is 1. The Balaban J connectivity index is 1.74. The number of thiophene rings is 1. The third-order valence-corrected chi connectivity index (χ3v) is 4.98. The molecule has 1 aliphatic heterocycles. The Hall–Kier alpha value is -1.70.